The van der Waals surface area contributed by atoms with Gasteiger partial charge in [0, 0.05) is 39.1 Å². The topological polar surface area (TPSA) is 92.7 Å². The van der Waals surface area contributed by atoms with E-state index in [0.29, 0.717) is 6.54 Å². The quantitative estimate of drug-likeness (QED) is 0.354. The Morgan fingerprint density at radius 3 is 2.86 bits per heavy atom. The van der Waals surface area contributed by atoms with E-state index in [-0.39, 0.29) is 0 Å². The number of morpholine rings is 1. The number of hydrogen-bond acceptors (Lipinski definition) is 6. The Morgan fingerprint density at radius 2 is 2.07 bits per heavy atom. The number of aliphatic imine (C=N–C) groups is 1. The zero-order valence-electron chi connectivity index (χ0n) is 16.6. The van der Waals surface area contributed by atoms with Gasteiger partial charge in [-0.25, -0.2) is 4.99 Å². The molecule has 3 heterocycles. The molecular formula is C19H31N7O2. The molecule has 1 saturated heterocycles. The van der Waals surface area contributed by atoms with Gasteiger partial charge in [0.05, 0.1) is 19.5 Å². The Labute approximate surface area is 166 Å². The number of rotatable bonds is 10. The molecule has 0 aromatic carbocycles. The molecule has 1 aliphatic heterocycles. The summed E-state index contributed by atoms with van der Waals surface area (Å²) in [5, 5.41) is 14.9. The first-order chi connectivity index (χ1) is 13.8. The summed E-state index contributed by atoms with van der Waals surface area (Å²) >= 11 is 0. The van der Waals surface area contributed by atoms with Gasteiger partial charge in [-0.1, -0.05) is 6.92 Å². The van der Waals surface area contributed by atoms with Crippen LogP contribution < -0.4 is 10.6 Å². The molecule has 0 bridgehead atoms. The van der Waals surface area contributed by atoms with E-state index >= 15 is 0 Å². The molecule has 0 spiro atoms. The normalized spacial score (nSPS) is 15.7. The van der Waals surface area contributed by atoms with Crippen molar-refractivity contribution in [3.05, 3.63) is 36.3 Å². The molecule has 28 heavy (non-hydrogen) atoms. The van der Waals surface area contributed by atoms with Gasteiger partial charge in [-0.3, -0.25) is 4.90 Å². The van der Waals surface area contributed by atoms with Crippen molar-refractivity contribution >= 4 is 5.96 Å². The number of ether oxygens (including phenoxy) is 1. The summed E-state index contributed by atoms with van der Waals surface area (Å²) in [6.45, 7) is 9.81. The molecule has 1 aliphatic rings. The van der Waals surface area contributed by atoms with E-state index in [1.807, 2.05) is 12.1 Å². The van der Waals surface area contributed by atoms with E-state index in [1.54, 1.807) is 12.6 Å². The molecule has 9 heteroatoms. The van der Waals surface area contributed by atoms with Crippen LogP contribution in [0.15, 0.2) is 34.1 Å². The Balaban J connectivity index is 1.44. The first-order valence-electron chi connectivity index (χ1n) is 10.1. The zero-order chi connectivity index (χ0) is 19.4. The lowest BCUT2D eigenvalue weighted by atomic mass is 10.3. The van der Waals surface area contributed by atoms with Crippen LogP contribution in [0, 0.1) is 0 Å². The van der Waals surface area contributed by atoms with Crippen LogP contribution in [0.25, 0.3) is 0 Å². The van der Waals surface area contributed by atoms with Crippen LogP contribution in [0.3, 0.4) is 0 Å². The summed E-state index contributed by atoms with van der Waals surface area (Å²) in [6.07, 6.45) is 5.38. The summed E-state index contributed by atoms with van der Waals surface area (Å²) in [4.78, 5) is 7.08. The third kappa shape index (κ3) is 6.65. The number of guanidine groups is 1. The highest BCUT2D eigenvalue weighted by Gasteiger charge is 2.09. The maximum Gasteiger partial charge on any atom is 0.191 e. The molecule has 0 aliphatic carbocycles. The van der Waals surface area contributed by atoms with Crippen LogP contribution in [-0.4, -0.2) is 71.6 Å². The van der Waals surface area contributed by atoms with E-state index in [4.69, 9.17) is 9.15 Å². The molecule has 2 aromatic heterocycles. The molecule has 0 radical (unpaired) electrons. The average molecular weight is 390 g/mol. The van der Waals surface area contributed by atoms with E-state index in [9.17, 15) is 0 Å². The van der Waals surface area contributed by atoms with Gasteiger partial charge in [0.25, 0.3) is 0 Å². The van der Waals surface area contributed by atoms with Crippen molar-refractivity contribution in [3.8, 4) is 0 Å². The third-order valence-corrected chi connectivity index (χ3v) is 4.68. The van der Waals surface area contributed by atoms with Crippen molar-refractivity contribution in [2.45, 2.75) is 32.9 Å². The van der Waals surface area contributed by atoms with Gasteiger partial charge in [0.1, 0.15) is 24.5 Å². The first kappa shape index (κ1) is 20.3. The van der Waals surface area contributed by atoms with Crippen LogP contribution in [0.2, 0.25) is 0 Å². The van der Waals surface area contributed by atoms with Crippen molar-refractivity contribution in [3.63, 3.8) is 0 Å². The zero-order valence-corrected chi connectivity index (χ0v) is 16.6. The minimum atomic E-state index is 0.513. The highest BCUT2D eigenvalue weighted by molar-refractivity contribution is 5.79. The van der Waals surface area contributed by atoms with E-state index in [1.165, 1.54) is 0 Å². The second kappa shape index (κ2) is 11.5. The van der Waals surface area contributed by atoms with Crippen LogP contribution in [-0.2, 0) is 24.2 Å². The van der Waals surface area contributed by atoms with Crippen LogP contribution >= 0.6 is 0 Å². The van der Waals surface area contributed by atoms with Gasteiger partial charge in [-0.05, 0) is 25.1 Å². The molecule has 1 fully saturated rings. The second-order valence-electron chi connectivity index (χ2n) is 6.70. The lowest BCUT2D eigenvalue weighted by Crippen LogP contribution is -2.41. The largest absolute Gasteiger partial charge is 0.467 e. The molecular weight excluding hydrogens is 358 g/mol. The van der Waals surface area contributed by atoms with Crippen LogP contribution in [0.1, 0.15) is 24.9 Å². The fraction of sp³-hybridized carbons (Fsp3) is 0.632. The van der Waals surface area contributed by atoms with Crippen molar-refractivity contribution in [2.75, 3.05) is 45.9 Å². The summed E-state index contributed by atoms with van der Waals surface area (Å²) in [5.74, 6) is 2.64. The lowest BCUT2D eigenvalue weighted by molar-refractivity contribution is 0.0376. The third-order valence-electron chi connectivity index (χ3n) is 4.68. The van der Waals surface area contributed by atoms with Gasteiger partial charge in [-0.2, -0.15) is 0 Å². The Bertz CT molecular complexity index is 693. The fourth-order valence-electron chi connectivity index (χ4n) is 3.10. The van der Waals surface area contributed by atoms with E-state index < -0.39 is 0 Å². The molecule has 0 amide bonds. The Hall–Kier alpha value is -2.39. The molecule has 2 aromatic rings. The molecule has 9 nitrogen and oxygen atoms in total. The fourth-order valence-corrected chi connectivity index (χ4v) is 3.10. The molecule has 0 atom stereocenters. The van der Waals surface area contributed by atoms with Crippen LogP contribution in [0.5, 0.6) is 0 Å². The Kier molecular flexibility index (Phi) is 8.32. The van der Waals surface area contributed by atoms with E-state index in [2.05, 4.69) is 42.2 Å². The highest BCUT2D eigenvalue weighted by Crippen LogP contribution is 2.01. The van der Waals surface area contributed by atoms with Crippen molar-refractivity contribution in [2.24, 2.45) is 4.99 Å². The van der Waals surface area contributed by atoms with Gasteiger partial charge in [-0.15, -0.1) is 10.2 Å². The summed E-state index contributed by atoms with van der Waals surface area (Å²) in [5.41, 5.74) is 0. The second-order valence-corrected chi connectivity index (χ2v) is 6.70. The minimum absolute atomic E-state index is 0.513. The van der Waals surface area contributed by atoms with Crippen molar-refractivity contribution in [1.29, 1.82) is 0 Å². The number of aromatic nitrogens is 3. The monoisotopic (exact) mass is 389 g/mol. The number of aryl methyl sites for hydroxylation is 1. The molecule has 3 rings (SSSR count). The molecule has 0 saturated carbocycles. The maximum atomic E-state index is 5.40. The predicted octanol–water partition coefficient (Wildman–Crippen LogP) is 0.891. The number of hydrogen-bond donors (Lipinski definition) is 2. The first-order valence-corrected chi connectivity index (χ1v) is 10.1. The molecule has 154 valence electrons. The van der Waals surface area contributed by atoms with Gasteiger partial charge >= 0.3 is 0 Å². The standard InChI is InChI=1S/C19H31N7O2/c1-2-18-24-23-16-26(18)9-7-21-19(22-15-17-5-3-12-28-17)20-6-4-8-25-10-13-27-14-11-25/h3,5,12,16H,2,4,6-11,13-15H2,1H3,(H2,20,21,22). The number of nitrogens with one attached hydrogen (secondary N) is 2. The van der Waals surface area contributed by atoms with Crippen molar-refractivity contribution < 1.29 is 9.15 Å². The molecule has 0 unspecified atom stereocenters. The van der Waals surface area contributed by atoms with Gasteiger partial charge in [0.2, 0.25) is 0 Å². The smallest absolute Gasteiger partial charge is 0.191 e. The lowest BCUT2D eigenvalue weighted by Gasteiger charge is -2.26. The number of nitrogens with zero attached hydrogens (tertiary/aromatic N) is 5. The van der Waals surface area contributed by atoms with E-state index in [0.717, 1.165) is 82.9 Å². The summed E-state index contributed by atoms with van der Waals surface area (Å²) in [7, 11) is 0. The number of furan rings is 1. The van der Waals surface area contributed by atoms with Gasteiger partial charge in [0.15, 0.2) is 5.96 Å². The minimum Gasteiger partial charge on any atom is -0.467 e. The van der Waals surface area contributed by atoms with Crippen molar-refractivity contribution in [1.82, 2.24) is 30.3 Å². The summed E-state index contributed by atoms with van der Waals surface area (Å²) in [6, 6.07) is 3.82. The summed E-state index contributed by atoms with van der Waals surface area (Å²) < 4.78 is 12.8. The highest BCUT2D eigenvalue weighted by atomic mass is 16.5. The SMILES string of the molecule is CCc1nncn1CCNC(=NCc1ccco1)NCCCN1CCOCC1. The Morgan fingerprint density at radius 1 is 1.21 bits per heavy atom. The average Bonchev–Trinajstić information content (AvgIpc) is 3.41. The van der Waals surface area contributed by atoms with Crippen LogP contribution in [0.4, 0.5) is 0 Å². The maximum absolute atomic E-state index is 5.40. The molecule has 2 N–H and O–H groups in total. The van der Waals surface area contributed by atoms with Gasteiger partial charge < -0.3 is 24.4 Å². The predicted molar refractivity (Wildman–Crippen MR) is 107 cm³/mol.